The molecule has 0 N–H and O–H groups in total. The maximum absolute atomic E-state index is 5.85. The van der Waals surface area contributed by atoms with Crippen molar-refractivity contribution in [3.05, 3.63) is 29.3 Å². The van der Waals surface area contributed by atoms with E-state index in [1.165, 1.54) is 19.3 Å². The number of likely N-dealkylation sites (tertiary alicyclic amines) is 1. The molecule has 0 bridgehead atoms. The van der Waals surface area contributed by atoms with Crippen LogP contribution >= 0.6 is 23.8 Å². The predicted octanol–water partition coefficient (Wildman–Crippen LogP) is 3.92. The number of hydrogen-bond donors (Lipinski definition) is 0. The van der Waals surface area contributed by atoms with Crippen molar-refractivity contribution in [1.29, 1.82) is 0 Å². The van der Waals surface area contributed by atoms with E-state index in [1.54, 1.807) is 0 Å². The first-order chi connectivity index (χ1) is 8.79. The van der Waals surface area contributed by atoms with Crippen LogP contribution in [0.25, 0.3) is 0 Å². The van der Waals surface area contributed by atoms with E-state index in [9.17, 15) is 0 Å². The molecule has 0 aliphatic carbocycles. The van der Waals surface area contributed by atoms with E-state index >= 15 is 0 Å². The van der Waals surface area contributed by atoms with Gasteiger partial charge >= 0.3 is 0 Å². The van der Waals surface area contributed by atoms with Crippen LogP contribution in [0, 0.1) is 0 Å². The second kappa shape index (κ2) is 6.64. The van der Waals surface area contributed by atoms with Crippen molar-refractivity contribution in [1.82, 2.24) is 4.90 Å². The third kappa shape index (κ3) is 3.64. The molecule has 0 amide bonds. The van der Waals surface area contributed by atoms with Gasteiger partial charge in [0.1, 0.15) is 0 Å². The number of rotatable bonds is 1. The second-order valence-corrected chi connectivity index (χ2v) is 4.76. The van der Waals surface area contributed by atoms with Gasteiger partial charge in [0.2, 0.25) is 5.96 Å². The molecule has 0 saturated carbocycles. The fourth-order valence-electron chi connectivity index (χ4n) is 1.93. The summed E-state index contributed by atoms with van der Waals surface area (Å²) in [6.07, 6.45) is 3.62. The van der Waals surface area contributed by atoms with Crippen molar-refractivity contribution in [2.24, 2.45) is 9.98 Å². The number of piperidine rings is 1. The first kappa shape index (κ1) is 13.2. The molecule has 5 heteroatoms. The number of isothiocyanates is 1. The van der Waals surface area contributed by atoms with Gasteiger partial charge in [-0.25, -0.2) is 4.99 Å². The number of guanidine groups is 1. The monoisotopic (exact) mass is 279 g/mol. The quantitative estimate of drug-likeness (QED) is 0.443. The summed E-state index contributed by atoms with van der Waals surface area (Å²) in [5.74, 6) is 0.645. The molecule has 2 rings (SSSR count). The van der Waals surface area contributed by atoms with Crippen molar-refractivity contribution < 1.29 is 0 Å². The SMILES string of the molecule is S=C=NC(=Nc1ccc(Cl)cc1)N1CCCCC1. The molecule has 1 fully saturated rings. The number of nitrogens with zero attached hydrogens (tertiary/aromatic N) is 3. The molecule has 0 radical (unpaired) electrons. The Labute approximate surface area is 117 Å². The van der Waals surface area contributed by atoms with Crippen LogP contribution in [0.2, 0.25) is 5.02 Å². The third-order valence-corrected chi connectivity index (χ3v) is 3.18. The highest BCUT2D eigenvalue weighted by Crippen LogP contribution is 2.18. The zero-order valence-electron chi connectivity index (χ0n) is 9.97. The standard InChI is InChI=1S/C13H14ClN3S/c14-11-4-6-12(7-5-11)16-13(15-10-18)17-8-2-1-3-9-17/h4-7H,1-3,8-9H2. The second-order valence-electron chi connectivity index (χ2n) is 4.14. The van der Waals surface area contributed by atoms with Crippen LogP contribution in [0.1, 0.15) is 19.3 Å². The van der Waals surface area contributed by atoms with Gasteiger partial charge < -0.3 is 4.90 Å². The van der Waals surface area contributed by atoms with Gasteiger partial charge in [-0.05, 0) is 55.7 Å². The van der Waals surface area contributed by atoms with E-state index < -0.39 is 0 Å². The number of hydrogen-bond acceptors (Lipinski definition) is 2. The van der Waals surface area contributed by atoms with E-state index in [2.05, 4.69) is 32.3 Å². The highest BCUT2D eigenvalue weighted by atomic mass is 35.5. The Balaban J connectivity index is 2.22. The molecule has 94 valence electrons. The minimum absolute atomic E-state index is 0.645. The molecule has 3 nitrogen and oxygen atoms in total. The fourth-order valence-corrected chi connectivity index (χ4v) is 2.14. The summed E-state index contributed by atoms with van der Waals surface area (Å²) in [6.45, 7) is 1.96. The summed E-state index contributed by atoms with van der Waals surface area (Å²) in [5, 5.41) is 3.11. The largest absolute Gasteiger partial charge is 0.340 e. The lowest BCUT2D eigenvalue weighted by molar-refractivity contribution is 0.339. The van der Waals surface area contributed by atoms with Gasteiger partial charge in [0, 0.05) is 18.1 Å². The number of aliphatic imine (C=N–C) groups is 2. The Morgan fingerprint density at radius 3 is 2.44 bits per heavy atom. The Morgan fingerprint density at radius 2 is 1.83 bits per heavy atom. The van der Waals surface area contributed by atoms with Crippen molar-refractivity contribution in [2.45, 2.75) is 19.3 Å². The Kier molecular flexibility index (Phi) is 4.88. The first-order valence-electron chi connectivity index (χ1n) is 5.96. The van der Waals surface area contributed by atoms with E-state index in [1.807, 2.05) is 24.3 Å². The van der Waals surface area contributed by atoms with Crippen LogP contribution in [0.3, 0.4) is 0 Å². The molecule has 1 aliphatic heterocycles. The average molecular weight is 280 g/mol. The zero-order valence-corrected chi connectivity index (χ0v) is 11.5. The Morgan fingerprint density at radius 1 is 1.17 bits per heavy atom. The topological polar surface area (TPSA) is 28.0 Å². The first-order valence-corrected chi connectivity index (χ1v) is 6.75. The molecule has 18 heavy (non-hydrogen) atoms. The normalized spacial score (nSPS) is 16.3. The zero-order chi connectivity index (χ0) is 12.8. The number of halogens is 1. The van der Waals surface area contributed by atoms with Crippen LogP contribution in [-0.2, 0) is 0 Å². The van der Waals surface area contributed by atoms with E-state index in [-0.39, 0.29) is 0 Å². The lowest BCUT2D eigenvalue weighted by Crippen LogP contribution is -2.34. The third-order valence-electron chi connectivity index (χ3n) is 2.84. The smallest absolute Gasteiger partial charge is 0.235 e. The molecule has 1 aromatic carbocycles. The van der Waals surface area contributed by atoms with Crippen molar-refractivity contribution in [3.8, 4) is 0 Å². The highest BCUT2D eigenvalue weighted by Gasteiger charge is 2.14. The number of benzene rings is 1. The maximum Gasteiger partial charge on any atom is 0.235 e. The van der Waals surface area contributed by atoms with Gasteiger partial charge in [0.05, 0.1) is 10.8 Å². The summed E-state index contributed by atoms with van der Waals surface area (Å²) in [6, 6.07) is 7.36. The van der Waals surface area contributed by atoms with Gasteiger partial charge in [0.25, 0.3) is 0 Å². The lowest BCUT2D eigenvalue weighted by Gasteiger charge is -2.26. The molecule has 1 aliphatic rings. The summed E-state index contributed by atoms with van der Waals surface area (Å²) in [7, 11) is 0. The Bertz CT molecular complexity index is 472. The van der Waals surface area contributed by atoms with Crippen LogP contribution in [0.4, 0.5) is 5.69 Å². The van der Waals surface area contributed by atoms with Crippen LogP contribution in [0.5, 0.6) is 0 Å². The van der Waals surface area contributed by atoms with Gasteiger partial charge in [0.15, 0.2) is 0 Å². The van der Waals surface area contributed by atoms with Gasteiger partial charge in [-0.15, -0.1) is 0 Å². The molecular formula is C13H14ClN3S. The molecule has 1 heterocycles. The lowest BCUT2D eigenvalue weighted by atomic mass is 10.1. The van der Waals surface area contributed by atoms with Gasteiger partial charge in [-0.2, -0.15) is 4.99 Å². The fraction of sp³-hybridized carbons (Fsp3) is 0.385. The summed E-state index contributed by atoms with van der Waals surface area (Å²) >= 11 is 10.5. The predicted molar refractivity (Wildman–Crippen MR) is 79.0 cm³/mol. The minimum atomic E-state index is 0.645. The van der Waals surface area contributed by atoms with E-state index in [4.69, 9.17) is 11.6 Å². The van der Waals surface area contributed by atoms with Crippen LogP contribution in [-0.4, -0.2) is 29.1 Å². The van der Waals surface area contributed by atoms with Crippen LogP contribution in [0.15, 0.2) is 34.3 Å². The van der Waals surface area contributed by atoms with Crippen molar-refractivity contribution in [3.63, 3.8) is 0 Å². The molecule has 0 spiro atoms. The Hall–Kier alpha value is -1.22. The summed E-state index contributed by atoms with van der Waals surface area (Å²) in [5.41, 5.74) is 0.828. The van der Waals surface area contributed by atoms with Crippen molar-refractivity contribution in [2.75, 3.05) is 13.1 Å². The highest BCUT2D eigenvalue weighted by molar-refractivity contribution is 7.78. The molecule has 0 unspecified atom stereocenters. The molecular weight excluding hydrogens is 266 g/mol. The summed E-state index contributed by atoms with van der Waals surface area (Å²) in [4.78, 5) is 10.7. The molecule has 1 saturated heterocycles. The van der Waals surface area contributed by atoms with E-state index in [0.717, 1.165) is 18.8 Å². The van der Waals surface area contributed by atoms with Gasteiger partial charge in [-0.1, -0.05) is 11.6 Å². The molecule has 1 aromatic rings. The van der Waals surface area contributed by atoms with Crippen molar-refractivity contribution >= 4 is 40.6 Å². The van der Waals surface area contributed by atoms with Gasteiger partial charge in [-0.3, -0.25) is 0 Å². The molecule has 0 aromatic heterocycles. The number of thiocarbonyl (C=S) groups is 1. The van der Waals surface area contributed by atoms with Crippen LogP contribution < -0.4 is 0 Å². The average Bonchev–Trinajstić information content (AvgIpc) is 2.42. The summed E-state index contributed by atoms with van der Waals surface area (Å²) < 4.78 is 0. The maximum atomic E-state index is 5.85. The van der Waals surface area contributed by atoms with E-state index in [0.29, 0.717) is 11.0 Å². The minimum Gasteiger partial charge on any atom is -0.340 e. The molecule has 0 atom stereocenters.